The first-order valence-electron chi connectivity index (χ1n) is 8.86. The number of hydrogen-bond acceptors (Lipinski definition) is 6. The summed E-state index contributed by atoms with van der Waals surface area (Å²) < 4.78 is 10.1. The fraction of sp³-hybridized carbons (Fsp3) is 0.300. The van der Waals surface area contributed by atoms with Gasteiger partial charge in [0, 0.05) is 62.4 Å². The molecule has 4 N–H and O–H groups in total. The van der Waals surface area contributed by atoms with Crippen molar-refractivity contribution in [2.75, 3.05) is 6.54 Å². The van der Waals surface area contributed by atoms with Crippen LogP contribution in [0, 0.1) is 0 Å². The maximum atomic E-state index is 11.3. The van der Waals surface area contributed by atoms with Gasteiger partial charge in [0.2, 0.25) is 0 Å². The van der Waals surface area contributed by atoms with Crippen LogP contribution in [0.5, 0.6) is 11.5 Å². The van der Waals surface area contributed by atoms with Gasteiger partial charge in [-0.1, -0.05) is 29.8 Å². The maximum absolute atomic E-state index is 11.3. The summed E-state index contributed by atoms with van der Waals surface area (Å²) in [5, 5.41) is 32.4. The Hall–Kier alpha value is -1.33. The van der Waals surface area contributed by atoms with E-state index in [9.17, 15) is 24.9 Å². The molecule has 2 atom stereocenters. The summed E-state index contributed by atoms with van der Waals surface area (Å²) in [4.78, 5) is 22.6. The van der Waals surface area contributed by atoms with Crippen LogP contribution in [-0.2, 0) is 60.8 Å². The average molecular weight is 638 g/mol. The number of benzene rings is 2. The minimum Gasteiger partial charge on any atom is -0.475 e. The fourth-order valence-corrected chi connectivity index (χ4v) is 3.21. The molecule has 31 heavy (non-hydrogen) atoms. The van der Waals surface area contributed by atoms with Crippen LogP contribution in [0.15, 0.2) is 42.5 Å². The van der Waals surface area contributed by atoms with E-state index in [0.29, 0.717) is 23.6 Å². The van der Waals surface area contributed by atoms with Gasteiger partial charge in [-0.25, -0.2) is 9.59 Å². The second-order valence-electron chi connectivity index (χ2n) is 6.80. The van der Waals surface area contributed by atoms with Gasteiger partial charge in [-0.05, 0) is 48.7 Å². The van der Waals surface area contributed by atoms with Crippen molar-refractivity contribution in [1.29, 1.82) is 0 Å². The number of carboxylic acid groups (broad SMARTS) is 2. The molecule has 0 aliphatic carbocycles. The average Bonchev–Trinajstić information content (AvgIpc) is 3.06. The van der Waals surface area contributed by atoms with Crippen LogP contribution >= 0.6 is 11.6 Å². The SMILES string of the molecule is CC(Cc1ccc2c(c1)OC(C(=O)O)(C(=O)O)O2)NCC(O)c1cccc(Cl)c1.[Ag].[Ag]. The third-order valence-electron chi connectivity index (χ3n) is 4.51. The molecule has 11 heteroatoms. The summed E-state index contributed by atoms with van der Waals surface area (Å²) in [6.07, 6.45) is -0.189. The van der Waals surface area contributed by atoms with Gasteiger partial charge in [0.1, 0.15) is 0 Å². The Morgan fingerprint density at radius 3 is 2.32 bits per heavy atom. The van der Waals surface area contributed by atoms with E-state index < -0.39 is 23.8 Å². The molecule has 0 saturated carbocycles. The molecule has 0 aromatic heterocycles. The van der Waals surface area contributed by atoms with Crippen molar-refractivity contribution >= 4 is 23.5 Å². The number of aliphatic hydroxyl groups is 1. The van der Waals surface area contributed by atoms with Crippen LogP contribution in [0.2, 0.25) is 5.02 Å². The minimum absolute atomic E-state index is 0. The smallest absolute Gasteiger partial charge is 0.453 e. The molecule has 2 aromatic rings. The molecule has 2 unspecified atom stereocenters. The second kappa shape index (κ2) is 11.5. The van der Waals surface area contributed by atoms with Crippen LogP contribution in [0.1, 0.15) is 24.2 Å². The summed E-state index contributed by atoms with van der Waals surface area (Å²) in [5.41, 5.74) is 1.50. The van der Waals surface area contributed by atoms with E-state index in [-0.39, 0.29) is 62.3 Å². The number of carboxylic acids is 2. The quantitative estimate of drug-likeness (QED) is 0.257. The first-order valence-corrected chi connectivity index (χ1v) is 9.23. The number of nitrogens with one attached hydrogen (secondary N) is 1. The zero-order valence-corrected chi connectivity index (χ0v) is 19.8. The Bertz CT molecular complexity index is 929. The zero-order valence-electron chi connectivity index (χ0n) is 16.1. The van der Waals surface area contributed by atoms with Crippen LogP contribution in [-0.4, -0.2) is 45.6 Å². The van der Waals surface area contributed by atoms with Gasteiger partial charge in [-0.15, -0.1) is 0 Å². The van der Waals surface area contributed by atoms with Gasteiger partial charge in [-0.2, -0.15) is 0 Å². The summed E-state index contributed by atoms with van der Waals surface area (Å²) in [5.74, 6) is -6.15. The molecular formula is C20H20Ag2ClNO7. The van der Waals surface area contributed by atoms with Crippen LogP contribution in [0.3, 0.4) is 0 Å². The van der Waals surface area contributed by atoms with Crippen molar-refractivity contribution < 1.29 is 79.1 Å². The van der Waals surface area contributed by atoms with E-state index >= 15 is 0 Å². The van der Waals surface area contributed by atoms with Crippen molar-refractivity contribution in [1.82, 2.24) is 5.32 Å². The number of carbonyl (C=O) groups is 2. The first-order chi connectivity index (χ1) is 13.7. The van der Waals surface area contributed by atoms with Gasteiger partial charge in [0.15, 0.2) is 11.5 Å². The van der Waals surface area contributed by atoms with Gasteiger partial charge >= 0.3 is 17.7 Å². The number of halogens is 1. The van der Waals surface area contributed by atoms with Crippen LogP contribution in [0.25, 0.3) is 0 Å². The van der Waals surface area contributed by atoms with Crippen molar-refractivity contribution in [3.05, 3.63) is 58.6 Å². The Kier molecular flexibility index (Phi) is 10.3. The van der Waals surface area contributed by atoms with Crippen LogP contribution < -0.4 is 14.8 Å². The maximum Gasteiger partial charge on any atom is 0.453 e. The zero-order chi connectivity index (χ0) is 21.2. The molecule has 0 bridgehead atoms. The van der Waals surface area contributed by atoms with Gasteiger partial charge in [0.05, 0.1) is 6.10 Å². The predicted octanol–water partition coefficient (Wildman–Crippen LogP) is 2.23. The monoisotopic (exact) mass is 635 g/mol. The van der Waals surface area contributed by atoms with E-state index in [2.05, 4.69) is 5.32 Å². The Morgan fingerprint density at radius 2 is 1.71 bits per heavy atom. The molecule has 8 nitrogen and oxygen atoms in total. The van der Waals surface area contributed by atoms with Crippen molar-refractivity contribution in [2.45, 2.75) is 31.3 Å². The number of aliphatic carboxylic acids is 2. The number of aliphatic hydroxyl groups excluding tert-OH is 1. The summed E-state index contributed by atoms with van der Waals surface area (Å²) in [7, 11) is 0. The fourth-order valence-electron chi connectivity index (χ4n) is 3.01. The second-order valence-corrected chi connectivity index (χ2v) is 7.23. The topological polar surface area (TPSA) is 125 Å². The molecular weight excluding hydrogens is 617 g/mol. The molecule has 1 aliphatic heterocycles. The van der Waals surface area contributed by atoms with E-state index in [1.165, 1.54) is 6.07 Å². The van der Waals surface area contributed by atoms with Gasteiger partial charge < -0.3 is 30.1 Å². The molecule has 0 saturated heterocycles. The first kappa shape index (κ1) is 27.7. The van der Waals surface area contributed by atoms with Crippen molar-refractivity contribution in [3.8, 4) is 11.5 Å². The normalized spacial score (nSPS) is 15.2. The summed E-state index contributed by atoms with van der Waals surface area (Å²) in [6, 6.07) is 11.7. The summed E-state index contributed by atoms with van der Waals surface area (Å²) >= 11 is 5.94. The molecule has 176 valence electrons. The van der Waals surface area contributed by atoms with E-state index in [0.717, 1.165) is 5.56 Å². The Balaban J connectivity index is 0.00000240. The van der Waals surface area contributed by atoms with Gasteiger partial charge in [0.25, 0.3) is 0 Å². The third kappa shape index (κ3) is 6.35. The molecule has 0 spiro atoms. The molecule has 0 fully saturated rings. The van der Waals surface area contributed by atoms with E-state index in [4.69, 9.17) is 21.1 Å². The van der Waals surface area contributed by atoms with Gasteiger partial charge in [-0.3, -0.25) is 0 Å². The predicted molar refractivity (Wildman–Crippen MR) is 103 cm³/mol. The van der Waals surface area contributed by atoms with Crippen molar-refractivity contribution in [3.63, 3.8) is 0 Å². The van der Waals surface area contributed by atoms with E-state index in [1.807, 2.05) is 6.92 Å². The molecule has 2 radical (unpaired) electrons. The molecule has 3 rings (SSSR count). The number of hydrogen-bond donors (Lipinski definition) is 4. The molecule has 1 aliphatic rings. The van der Waals surface area contributed by atoms with E-state index in [1.54, 1.807) is 36.4 Å². The minimum atomic E-state index is -2.77. The standard InChI is InChI=1S/C20H20ClNO7.2Ag/c1-11(22-10-15(23)13-3-2-4-14(21)9-13)7-12-5-6-16-17(8-12)29-20(28-16,18(24)25)19(26)27;;/h2-6,8-9,11,15,22-23H,7,10H2,1H3,(H,24,25)(H,26,27);;. The number of rotatable bonds is 8. The largest absolute Gasteiger partial charge is 0.475 e. The summed E-state index contributed by atoms with van der Waals surface area (Å²) in [6.45, 7) is 2.24. The number of fused-ring (bicyclic) bond motifs is 1. The number of ether oxygens (including phenoxy) is 2. The van der Waals surface area contributed by atoms with Crippen molar-refractivity contribution in [2.24, 2.45) is 0 Å². The third-order valence-corrected chi connectivity index (χ3v) is 4.75. The molecule has 0 amide bonds. The van der Waals surface area contributed by atoms with Crippen LogP contribution in [0.4, 0.5) is 0 Å². The Labute approximate surface area is 214 Å². The molecule has 2 aromatic carbocycles. The molecule has 1 heterocycles. The Morgan fingerprint density at radius 1 is 1.06 bits per heavy atom.